The Kier molecular flexibility index (Phi) is 3.93. The van der Waals surface area contributed by atoms with Crippen molar-refractivity contribution in [1.82, 2.24) is 24.6 Å². The van der Waals surface area contributed by atoms with Gasteiger partial charge in [0.05, 0.1) is 17.5 Å². The summed E-state index contributed by atoms with van der Waals surface area (Å²) in [7, 11) is 0. The van der Waals surface area contributed by atoms with Crippen LogP contribution in [0.15, 0.2) is 47.7 Å². The number of aryl methyl sites for hydroxylation is 1. The van der Waals surface area contributed by atoms with Gasteiger partial charge in [0.1, 0.15) is 18.4 Å². The highest BCUT2D eigenvalue weighted by Gasteiger charge is 2.23. The zero-order valence-corrected chi connectivity index (χ0v) is 13.9. The van der Waals surface area contributed by atoms with E-state index in [4.69, 9.17) is 4.42 Å². The van der Waals surface area contributed by atoms with Gasteiger partial charge in [0.2, 0.25) is 0 Å². The second-order valence-corrected chi connectivity index (χ2v) is 5.93. The Morgan fingerprint density at radius 1 is 1.12 bits per heavy atom. The molecule has 1 aliphatic rings. The lowest BCUT2D eigenvalue weighted by Crippen LogP contribution is -2.49. The molecule has 4 heterocycles. The summed E-state index contributed by atoms with van der Waals surface area (Å²) in [6.45, 7) is 4.67. The second-order valence-electron chi connectivity index (χ2n) is 5.93. The molecule has 0 unspecified atom stereocenters. The Labute approximate surface area is 144 Å². The van der Waals surface area contributed by atoms with Gasteiger partial charge in [0.25, 0.3) is 5.91 Å². The minimum Gasteiger partial charge on any atom is -0.472 e. The maximum absolute atomic E-state index is 12.4. The van der Waals surface area contributed by atoms with Gasteiger partial charge in [-0.15, -0.1) is 0 Å². The molecule has 1 fully saturated rings. The molecule has 0 saturated carbocycles. The van der Waals surface area contributed by atoms with Gasteiger partial charge in [-0.3, -0.25) is 4.79 Å². The first kappa shape index (κ1) is 15.4. The summed E-state index contributed by atoms with van der Waals surface area (Å²) in [4.78, 5) is 25.0. The van der Waals surface area contributed by atoms with E-state index in [1.165, 1.54) is 12.5 Å². The zero-order valence-electron chi connectivity index (χ0n) is 13.9. The average Bonchev–Trinajstić information content (AvgIpc) is 3.33. The third-order valence-electron chi connectivity index (χ3n) is 4.25. The van der Waals surface area contributed by atoms with Crippen LogP contribution in [0.3, 0.4) is 0 Å². The average molecular weight is 338 g/mol. The van der Waals surface area contributed by atoms with E-state index < -0.39 is 0 Å². The van der Waals surface area contributed by atoms with Crippen LogP contribution < -0.4 is 4.90 Å². The predicted octanol–water partition coefficient (Wildman–Crippen LogP) is 1.53. The molecule has 8 heteroatoms. The lowest BCUT2D eigenvalue weighted by Gasteiger charge is -2.35. The minimum absolute atomic E-state index is 0.00351. The Morgan fingerprint density at radius 2 is 1.92 bits per heavy atom. The number of aromatic nitrogens is 4. The topological polar surface area (TPSA) is 80.3 Å². The van der Waals surface area contributed by atoms with Crippen LogP contribution in [0.2, 0.25) is 0 Å². The van der Waals surface area contributed by atoms with Crippen LogP contribution in [0.4, 0.5) is 5.82 Å². The van der Waals surface area contributed by atoms with Crippen LogP contribution in [0.1, 0.15) is 16.1 Å². The van der Waals surface area contributed by atoms with E-state index in [2.05, 4.69) is 20.0 Å². The largest absolute Gasteiger partial charge is 0.472 e. The van der Waals surface area contributed by atoms with Gasteiger partial charge in [-0.2, -0.15) is 5.10 Å². The molecular formula is C17H18N6O2. The molecule has 0 aliphatic carbocycles. The minimum atomic E-state index is 0.00351. The molecule has 1 saturated heterocycles. The number of carbonyl (C=O) groups is 1. The first-order valence-electron chi connectivity index (χ1n) is 8.12. The Hall–Kier alpha value is -3.16. The Balaban J connectivity index is 1.45. The van der Waals surface area contributed by atoms with Crippen molar-refractivity contribution in [3.63, 3.8) is 0 Å². The van der Waals surface area contributed by atoms with Crippen molar-refractivity contribution in [2.45, 2.75) is 6.92 Å². The lowest BCUT2D eigenvalue weighted by atomic mass is 10.2. The quantitative estimate of drug-likeness (QED) is 0.720. The number of nitrogens with zero attached hydrogens (tertiary/aromatic N) is 6. The van der Waals surface area contributed by atoms with Crippen molar-refractivity contribution < 1.29 is 9.21 Å². The summed E-state index contributed by atoms with van der Waals surface area (Å²) < 4.78 is 6.73. The highest BCUT2D eigenvalue weighted by Crippen LogP contribution is 2.17. The monoisotopic (exact) mass is 338 g/mol. The molecule has 1 aliphatic heterocycles. The number of hydrogen-bond donors (Lipinski definition) is 0. The van der Waals surface area contributed by atoms with E-state index >= 15 is 0 Å². The Bertz CT molecular complexity index is 865. The molecule has 8 nitrogen and oxygen atoms in total. The van der Waals surface area contributed by atoms with E-state index in [0.29, 0.717) is 18.7 Å². The highest BCUT2D eigenvalue weighted by molar-refractivity contribution is 5.94. The molecule has 0 atom stereocenters. The molecule has 3 aromatic rings. The van der Waals surface area contributed by atoms with E-state index in [1.807, 2.05) is 30.2 Å². The van der Waals surface area contributed by atoms with Gasteiger partial charge in [-0.05, 0) is 19.1 Å². The number of amides is 1. The van der Waals surface area contributed by atoms with Crippen molar-refractivity contribution in [2.24, 2.45) is 0 Å². The standard InChI is InChI=1S/C17H18N6O2/c1-13-2-4-23(20-13)16-10-15(18-12-19-16)21-5-7-22(8-6-21)17(24)14-3-9-25-11-14/h2-4,9-12H,5-8H2,1H3. The molecule has 4 rings (SSSR count). The molecule has 0 radical (unpaired) electrons. The summed E-state index contributed by atoms with van der Waals surface area (Å²) in [5.74, 6) is 1.58. The predicted molar refractivity (Wildman–Crippen MR) is 90.7 cm³/mol. The van der Waals surface area contributed by atoms with Crippen LogP contribution in [0.25, 0.3) is 5.82 Å². The zero-order chi connectivity index (χ0) is 17.2. The molecule has 0 spiro atoms. The highest BCUT2D eigenvalue weighted by atomic mass is 16.3. The molecule has 128 valence electrons. The molecule has 1 amide bonds. The maximum Gasteiger partial charge on any atom is 0.257 e. The molecule has 0 aromatic carbocycles. The van der Waals surface area contributed by atoms with Crippen LogP contribution in [0.5, 0.6) is 0 Å². The van der Waals surface area contributed by atoms with Crippen LogP contribution in [-0.2, 0) is 0 Å². The SMILES string of the molecule is Cc1ccn(-c2cc(N3CCN(C(=O)c4ccoc4)CC3)ncn2)n1. The van der Waals surface area contributed by atoms with Gasteiger partial charge < -0.3 is 14.2 Å². The van der Waals surface area contributed by atoms with Crippen molar-refractivity contribution in [3.8, 4) is 5.82 Å². The maximum atomic E-state index is 12.4. The summed E-state index contributed by atoms with van der Waals surface area (Å²) >= 11 is 0. The number of piperazine rings is 1. The molecule has 25 heavy (non-hydrogen) atoms. The Morgan fingerprint density at radius 3 is 2.60 bits per heavy atom. The molecule has 0 bridgehead atoms. The normalized spacial score (nSPS) is 14.8. The molecule has 0 N–H and O–H groups in total. The van der Waals surface area contributed by atoms with Gasteiger partial charge in [-0.1, -0.05) is 0 Å². The van der Waals surface area contributed by atoms with E-state index in [0.717, 1.165) is 30.4 Å². The fourth-order valence-electron chi connectivity index (χ4n) is 2.89. The van der Waals surface area contributed by atoms with Crippen LogP contribution >= 0.6 is 0 Å². The van der Waals surface area contributed by atoms with E-state index in [9.17, 15) is 4.79 Å². The number of rotatable bonds is 3. The number of hydrogen-bond acceptors (Lipinski definition) is 6. The van der Waals surface area contributed by atoms with Crippen molar-refractivity contribution in [2.75, 3.05) is 31.1 Å². The van der Waals surface area contributed by atoms with Gasteiger partial charge in [0, 0.05) is 38.4 Å². The van der Waals surface area contributed by atoms with Crippen LogP contribution in [0, 0.1) is 6.92 Å². The first-order valence-corrected chi connectivity index (χ1v) is 8.12. The molecular weight excluding hydrogens is 320 g/mol. The number of furan rings is 1. The summed E-state index contributed by atoms with van der Waals surface area (Å²) in [5, 5.41) is 4.38. The lowest BCUT2D eigenvalue weighted by molar-refractivity contribution is 0.0746. The summed E-state index contributed by atoms with van der Waals surface area (Å²) in [6, 6.07) is 5.54. The van der Waals surface area contributed by atoms with E-state index in [-0.39, 0.29) is 5.91 Å². The fraction of sp³-hybridized carbons (Fsp3) is 0.294. The van der Waals surface area contributed by atoms with Crippen molar-refractivity contribution in [1.29, 1.82) is 0 Å². The fourth-order valence-corrected chi connectivity index (χ4v) is 2.89. The summed E-state index contributed by atoms with van der Waals surface area (Å²) in [5.41, 5.74) is 1.53. The van der Waals surface area contributed by atoms with Gasteiger partial charge >= 0.3 is 0 Å². The first-order chi connectivity index (χ1) is 12.2. The number of anilines is 1. The summed E-state index contributed by atoms with van der Waals surface area (Å²) in [6.07, 6.45) is 6.42. The third kappa shape index (κ3) is 3.10. The smallest absolute Gasteiger partial charge is 0.257 e. The third-order valence-corrected chi connectivity index (χ3v) is 4.25. The van der Waals surface area contributed by atoms with Gasteiger partial charge in [-0.25, -0.2) is 14.6 Å². The van der Waals surface area contributed by atoms with Gasteiger partial charge in [0.15, 0.2) is 5.82 Å². The van der Waals surface area contributed by atoms with Crippen molar-refractivity contribution in [3.05, 3.63) is 54.5 Å². The second kappa shape index (κ2) is 6.39. The molecule has 3 aromatic heterocycles. The number of carbonyl (C=O) groups excluding carboxylic acids is 1. The van der Waals surface area contributed by atoms with E-state index in [1.54, 1.807) is 17.1 Å². The van der Waals surface area contributed by atoms with Crippen LogP contribution in [-0.4, -0.2) is 56.7 Å². The van der Waals surface area contributed by atoms with Crippen molar-refractivity contribution >= 4 is 11.7 Å².